The first-order valence-electron chi connectivity index (χ1n) is 23.5. The van der Waals surface area contributed by atoms with Crippen molar-refractivity contribution in [2.45, 2.75) is 110 Å². The number of esters is 2. The lowest BCUT2D eigenvalue weighted by molar-refractivity contribution is -0.158. The molecule has 3 aliphatic carbocycles. The summed E-state index contributed by atoms with van der Waals surface area (Å²) in [5.74, 6) is 8.29. The molecule has 17 nitrogen and oxygen atoms in total. The Morgan fingerprint density at radius 3 is 1.35 bits per heavy atom. The number of hydrogen-bond acceptors (Lipinski definition) is 17. The van der Waals surface area contributed by atoms with Gasteiger partial charge in [-0.25, -0.2) is 29.9 Å². The van der Waals surface area contributed by atoms with Crippen LogP contribution in [-0.2, 0) is 19.1 Å². The summed E-state index contributed by atoms with van der Waals surface area (Å²) in [7, 11) is 4.82. The zero-order valence-electron chi connectivity index (χ0n) is 40.5. The fourth-order valence-electron chi connectivity index (χ4n) is 10.7. The van der Waals surface area contributed by atoms with Gasteiger partial charge in [-0.05, 0) is 163 Å². The maximum Gasteiger partial charge on any atom is 0.306 e. The van der Waals surface area contributed by atoms with Crippen LogP contribution in [0.5, 0.6) is 17.6 Å². The van der Waals surface area contributed by atoms with Gasteiger partial charge in [-0.15, -0.1) is 0 Å². The van der Waals surface area contributed by atoms with E-state index < -0.39 is 5.60 Å². The number of hydrogen-bond donors (Lipinski definition) is 2. The summed E-state index contributed by atoms with van der Waals surface area (Å²) in [6.45, 7) is 17.6. The Morgan fingerprint density at radius 2 is 0.955 bits per heavy atom. The van der Waals surface area contributed by atoms with Crippen molar-refractivity contribution in [1.82, 2.24) is 35.2 Å². The molecule has 364 valence electrons. The van der Waals surface area contributed by atoms with E-state index in [0.717, 1.165) is 54.6 Å². The van der Waals surface area contributed by atoms with E-state index in [1.165, 1.54) is 44.9 Å². The number of halogens is 1. The Balaban J connectivity index is 0.000000153. The van der Waals surface area contributed by atoms with Gasteiger partial charge in [0.2, 0.25) is 17.6 Å². The maximum atomic E-state index is 12.2. The number of carbonyl (C=O) groups excluding carboxylic acids is 2. The lowest BCUT2D eigenvalue weighted by atomic mass is 9.82. The number of nitrogens with two attached hydrogens (primary N) is 1. The fraction of sp³-hybridized carbons (Fsp3) is 0.708. The number of ether oxygens (including phenoxy) is 5. The van der Waals surface area contributed by atoms with Crippen molar-refractivity contribution in [3.05, 3.63) is 40.9 Å². The predicted octanol–water partition coefficient (Wildman–Crippen LogP) is 6.39. The van der Waals surface area contributed by atoms with E-state index in [9.17, 15) is 9.59 Å². The molecule has 0 spiro atoms. The van der Waals surface area contributed by atoms with Crippen LogP contribution in [0, 0.1) is 51.0 Å². The number of rotatable bonds is 9. The Kier molecular flexibility index (Phi) is 18.0. The van der Waals surface area contributed by atoms with Crippen molar-refractivity contribution >= 4 is 46.2 Å². The summed E-state index contributed by atoms with van der Waals surface area (Å²) >= 11 is 2.10. The smallest absolute Gasteiger partial charge is 0.306 e. The molecule has 3 aromatic heterocycles. The van der Waals surface area contributed by atoms with E-state index >= 15 is 0 Å². The second-order valence-corrected chi connectivity index (χ2v) is 21.6. The Bertz CT molecular complexity index is 1990. The van der Waals surface area contributed by atoms with Crippen LogP contribution in [0.4, 0.5) is 11.6 Å². The molecule has 9 atom stereocenters. The first-order valence-corrected chi connectivity index (χ1v) is 24.6. The van der Waals surface area contributed by atoms with Crippen LogP contribution in [0.25, 0.3) is 0 Å². The highest BCUT2D eigenvalue weighted by Crippen LogP contribution is 2.45. The first-order chi connectivity index (χ1) is 31.4. The molecule has 6 bridgehead atoms. The molecule has 3 saturated carbocycles. The van der Waals surface area contributed by atoms with Crippen molar-refractivity contribution in [3.63, 3.8) is 0 Å². The number of piperidine rings is 3. The molecule has 6 aliphatic rings. The first kappa shape index (κ1) is 51.2. The van der Waals surface area contributed by atoms with E-state index in [1.54, 1.807) is 40.1 Å². The summed E-state index contributed by atoms with van der Waals surface area (Å²) in [6.07, 6.45) is 13.2. The highest BCUT2D eigenvalue weighted by Gasteiger charge is 2.44. The summed E-state index contributed by atoms with van der Waals surface area (Å²) in [5.41, 5.74) is 5.44. The van der Waals surface area contributed by atoms with Gasteiger partial charge in [-0.1, -0.05) is 0 Å². The van der Waals surface area contributed by atoms with Crippen LogP contribution in [0.15, 0.2) is 37.2 Å². The molecular weight excluding hydrogens is 955 g/mol. The quantitative estimate of drug-likeness (QED) is 0.135. The highest BCUT2D eigenvalue weighted by molar-refractivity contribution is 14.1. The average molecular weight is 1030 g/mol. The van der Waals surface area contributed by atoms with Gasteiger partial charge in [0.15, 0.2) is 0 Å². The summed E-state index contributed by atoms with van der Waals surface area (Å²) in [6, 6.07) is 5.93. The molecule has 6 fully saturated rings. The molecule has 3 aliphatic heterocycles. The number of nitrogens with one attached hydrogen (secondary N) is 1. The Hall–Kier alpha value is -4.17. The third kappa shape index (κ3) is 14.7. The number of nitrogens with zero attached hydrogens (tertiary/aromatic N) is 8. The van der Waals surface area contributed by atoms with E-state index in [1.807, 2.05) is 53.7 Å². The van der Waals surface area contributed by atoms with E-state index in [-0.39, 0.29) is 17.5 Å². The second kappa shape index (κ2) is 23.2. The van der Waals surface area contributed by atoms with Crippen LogP contribution < -0.4 is 35.1 Å². The topological polar surface area (TPSA) is 202 Å². The van der Waals surface area contributed by atoms with Crippen LogP contribution in [0.3, 0.4) is 0 Å². The molecule has 9 rings (SSSR count). The minimum Gasteiger partial charge on any atom is -0.481 e. The zero-order chi connectivity index (χ0) is 47.6. The van der Waals surface area contributed by atoms with Crippen molar-refractivity contribution < 1.29 is 33.3 Å². The third-order valence-electron chi connectivity index (χ3n) is 13.7. The molecule has 0 aromatic carbocycles. The van der Waals surface area contributed by atoms with Gasteiger partial charge in [0.05, 0.1) is 21.3 Å². The number of carbonyl (C=O) groups is 2. The van der Waals surface area contributed by atoms with E-state index in [4.69, 9.17) is 29.4 Å². The van der Waals surface area contributed by atoms with Gasteiger partial charge in [0, 0.05) is 63.3 Å². The summed E-state index contributed by atoms with van der Waals surface area (Å²) in [5, 5.41) is 3.45. The number of aromatic nitrogens is 6. The van der Waals surface area contributed by atoms with E-state index in [0.29, 0.717) is 83.9 Å². The lowest BCUT2D eigenvalue weighted by Gasteiger charge is -2.38. The average Bonchev–Trinajstić information content (AvgIpc) is 3.69. The van der Waals surface area contributed by atoms with Gasteiger partial charge in [0.25, 0.3) is 0 Å². The zero-order valence-corrected chi connectivity index (χ0v) is 42.6. The SMILES string of the molecule is CC(C)(C)OC(=O)CC1[C@@H]2CC[C@H]1CNC2.COc1cc(I)ncn1.COc1cc(N2C[C@H]3CC[C@@H](C2)C3CC(=O)OC(C)(C)C)ncn1.COc1cc(N2C[C@H]3CC[C@@H](C2)C3N)ncn1. The van der Waals surface area contributed by atoms with Gasteiger partial charge in [-0.3, -0.25) is 9.59 Å². The van der Waals surface area contributed by atoms with Gasteiger partial charge in [-0.2, -0.15) is 0 Å². The number of methoxy groups -OCH3 is 3. The van der Waals surface area contributed by atoms with Crippen LogP contribution in [-0.4, -0.2) is 120 Å². The summed E-state index contributed by atoms with van der Waals surface area (Å²) in [4.78, 5) is 53.2. The predicted molar refractivity (Wildman–Crippen MR) is 260 cm³/mol. The number of fused-ring (bicyclic) bond motifs is 6. The van der Waals surface area contributed by atoms with Gasteiger partial charge >= 0.3 is 11.9 Å². The summed E-state index contributed by atoms with van der Waals surface area (Å²) < 4.78 is 27.0. The van der Waals surface area contributed by atoms with Crippen molar-refractivity contribution in [1.29, 1.82) is 0 Å². The van der Waals surface area contributed by atoms with Crippen molar-refractivity contribution in [3.8, 4) is 17.6 Å². The maximum absolute atomic E-state index is 12.2. The fourth-order valence-corrected chi connectivity index (χ4v) is 11.0. The van der Waals surface area contributed by atoms with Crippen LogP contribution >= 0.6 is 22.6 Å². The Morgan fingerprint density at radius 1 is 0.591 bits per heavy atom. The normalized spacial score (nSPS) is 27.2. The molecule has 3 N–H and O–H groups in total. The molecule has 18 heteroatoms. The monoisotopic (exact) mass is 1030 g/mol. The number of anilines is 2. The third-order valence-corrected chi connectivity index (χ3v) is 14.2. The van der Waals surface area contributed by atoms with Crippen molar-refractivity contribution in [2.24, 2.45) is 53.1 Å². The molecule has 6 heterocycles. The van der Waals surface area contributed by atoms with Crippen LogP contribution in [0.1, 0.15) is 92.9 Å². The van der Waals surface area contributed by atoms with Crippen molar-refractivity contribution in [2.75, 3.05) is 70.4 Å². The van der Waals surface area contributed by atoms with Crippen LogP contribution in [0.2, 0.25) is 0 Å². The molecule has 3 unspecified atom stereocenters. The molecule has 3 aromatic rings. The highest BCUT2D eigenvalue weighted by atomic mass is 127. The molecular formula is C48H73IN10O7. The lowest BCUT2D eigenvalue weighted by Crippen LogP contribution is -2.49. The largest absolute Gasteiger partial charge is 0.481 e. The Labute approximate surface area is 405 Å². The second-order valence-electron chi connectivity index (χ2n) is 20.5. The molecule has 66 heavy (non-hydrogen) atoms. The molecule has 3 saturated heterocycles. The standard InChI is InChI=1S/C18H27N3O3.C13H23NO2.C12H18N4O.C5H5IN2O/c1-18(2,3)24-17(22)7-14-12-5-6-13(14)10-21(9-12)15-8-16(23-4)20-11-19-15;1-13(2,3)16-12(15)6-11-9-4-5-10(11)8-14-7-9;1-17-11-4-10(14-7-15-11)16-5-8-2-3-9(6-16)12(8)13;1-9-5-2-4(6)7-3-8-5/h8,11-14H,5-7,9-10H2,1-4H3;9-11,14H,4-8H2,1-3H3;4,7-9,12H,2-3,5-6,13H2,1H3;2-3H,1H3/t12-,13+,14?;9-,10+,11?;8-,9+,12?;. The van der Waals surface area contributed by atoms with Gasteiger partial charge in [0.1, 0.15) is 45.5 Å². The van der Waals surface area contributed by atoms with Gasteiger partial charge < -0.3 is 44.5 Å². The minimum atomic E-state index is -0.408. The molecule has 0 amide bonds. The molecule has 0 radical (unpaired) electrons. The van der Waals surface area contributed by atoms with E-state index in [2.05, 4.69) is 67.6 Å². The minimum absolute atomic E-state index is 0.0173.